The summed E-state index contributed by atoms with van der Waals surface area (Å²) in [6.07, 6.45) is 2.67. The van der Waals surface area contributed by atoms with Crippen molar-refractivity contribution in [3.05, 3.63) is 83.9 Å². The molecule has 1 aliphatic rings. The molecule has 1 N–H and O–H groups in total. The largest absolute Gasteiger partial charge is 0.497 e. The maximum atomic E-state index is 14.0. The van der Waals surface area contributed by atoms with Gasteiger partial charge in [0.15, 0.2) is 0 Å². The first-order chi connectivity index (χ1) is 16.5. The van der Waals surface area contributed by atoms with Crippen molar-refractivity contribution in [3.63, 3.8) is 0 Å². The minimum atomic E-state index is -0.420. The molecule has 1 unspecified atom stereocenters. The number of nitrogens with zero attached hydrogens (tertiary/aromatic N) is 3. The summed E-state index contributed by atoms with van der Waals surface area (Å²) in [4.78, 5) is 29.8. The number of anilines is 1. The molecule has 0 spiro atoms. The molecule has 0 aliphatic carbocycles. The lowest BCUT2D eigenvalue weighted by atomic mass is 9.99. The molecule has 0 fully saturated rings. The fourth-order valence-corrected chi connectivity index (χ4v) is 4.36. The number of methoxy groups -OCH3 is 1. The fraction of sp³-hybridized carbons (Fsp3) is 0.308. The lowest BCUT2D eigenvalue weighted by Gasteiger charge is -2.38. The number of amides is 3. The first kappa shape index (κ1) is 23.4. The van der Waals surface area contributed by atoms with Crippen molar-refractivity contribution in [2.75, 3.05) is 32.1 Å². The Morgan fingerprint density at radius 2 is 1.94 bits per heavy atom. The Morgan fingerprint density at radius 3 is 2.71 bits per heavy atom. The number of rotatable bonds is 7. The van der Waals surface area contributed by atoms with E-state index in [1.165, 1.54) is 17.0 Å². The molecule has 2 heterocycles. The van der Waals surface area contributed by atoms with Gasteiger partial charge in [-0.2, -0.15) is 0 Å². The summed E-state index contributed by atoms with van der Waals surface area (Å²) in [6, 6.07) is 16.5. The van der Waals surface area contributed by atoms with Gasteiger partial charge in [-0.15, -0.1) is 0 Å². The van der Waals surface area contributed by atoms with E-state index in [0.717, 1.165) is 5.69 Å². The minimum Gasteiger partial charge on any atom is -0.497 e. The predicted octanol–water partition coefficient (Wildman–Crippen LogP) is 4.51. The molecule has 0 saturated carbocycles. The smallest absolute Gasteiger partial charge is 0.322 e. The molecular formula is C26H29FN4O3. The maximum Gasteiger partial charge on any atom is 0.322 e. The lowest BCUT2D eigenvalue weighted by molar-refractivity contribution is -0.134. The Balaban J connectivity index is 1.55. The van der Waals surface area contributed by atoms with Crippen LogP contribution in [0.25, 0.3) is 0 Å². The molecule has 178 valence electrons. The molecule has 0 bridgehead atoms. The molecule has 2 aromatic carbocycles. The normalized spacial score (nSPS) is 14.9. The van der Waals surface area contributed by atoms with Crippen molar-refractivity contribution >= 4 is 17.6 Å². The van der Waals surface area contributed by atoms with E-state index in [1.54, 1.807) is 42.3 Å². The summed E-state index contributed by atoms with van der Waals surface area (Å²) < 4.78 is 21.3. The highest BCUT2D eigenvalue weighted by molar-refractivity contribution is 5.92. The summed E-state index contributed by atoms with van der Waals surface area (Å²) in [7, 11) is 1.56. The van der Waals surface area contributed by atoms with Gasteiger partial charge in [0, 0.05) is 43.3 Å². The van der Waals surface area contributed by atoms with Crippen molar-refractivity contribution in [2.45, 2.75) is 25.9 Å². The van der Waals surface area contributed by atoms with Gasteiger partial charge in [0.25, 0.3) is 0 Å². The van der Waals surface area contributed by atoms with Crippen LogP contribution in [0.15, 0.2) is 66.9 Å². The van der Waals surface area contributed by atoms with Crippen molar-refractivity contribution in [1.82, 2.24) is 14.4 Å². The van der Waals surface area contributed by atoms with Crippen molar-refractivity contribution in [2.24, 2.45) is 0 Å². The standard InChI is InChI=1S/C26H29FN4O3/c1-3-12-30(26(33)28-21-9-5-10-22(17-21)34-2)18-24(32)31-15-14-29-13-6-11-23(29)25(31)19-7-4-8-20(27)16-19/h4-11,13,16-17,25H,3,12,14-15,18H2,1-2H3,(H,28,33). The lowest BCUT2D eigenvalue weighted by Crippen LogP contribution is -2.48. The Bertz CT molecular complexity index is 1160. The number of hydrogen-bond donors (Lipinski definition) is 1. The summed E-state index contributed by atoms with van der Waals surface area (Å²) >= 11 is 0. The van der Waals surface area contributed by atoms with Crippen LogP contribution in [-0.4, -0.2) is 53.0 Å². The van der Waals surface area contributed by atoms with E-state index in [0.29, 0.717) is 43.1 Å². The molecule has 0 radical (unpaired) electrons. The molecule has 34 heavy (non-hydrogen) atoms. The molecule has 3 amide bonds. The SMILES string of the molecule is CCCN(CC(=O)N1CCn2cccc2C1c1cccc(F)c1)C(=O)Nc1cccc(OC)c1. The molecule has 4 rings (SSSR count). The maximum absolute atomic E-state index is 14.0. The van der Waals surface area contributed by atoms with Gasteiger partial charge in [0.1, 0.15) is 18.1 Å². The number of halogens is 1. The van der Waals surface area contributed by atoms with Crippen LogP contribution in [-0.2, 0) is 11.3 Å². The molecule has 1 aliphatic heterocycles. The highest BCUT2D eigenvalue weighted by atomic mass is 19.1. The Labute approximate surface area is 198 Å². The molecule has 8 heteroatoms. The number of benzene rings is 2. The summed E-state index contributed by atoms with van der Waals surface area (Å²) in [5.74, 6) is 0.0972. The van der Waals surface area contributed by atoms with Gasteiger partial charge in [-0.1, -0.05) is 25.1 Å². The van der Waals surface area contributed by atoms with Crippen LogP contribution >= 0.6 is 0 Å². The number of urea groups is 1. The first-order valence-corrected chi connectivity index (χ1v) is 11.4. The summed E-state index contributed by atoms with van der Waals surface area (Å²) in [5.41, 5.74) is 2.22. The second kappa shape index (κ2) is 10.4. The van der Waals surface area contributed by atoms with E-state index in [-0.39, 0.29) is 24.3 Å². The van der Waals surface area contributed by atoms with E-state index < -0.39 is 6.04 Å². The number of carbonyl (C=O) groups excluding carboxylic acids is 2. The van der Waals surface area contributed by atoms with Crippen LogP contribution in [0.5, 0.6) is 5.75 Å². The number of aromatic nitrogens is 1. The molecule has 3 aromatic rings. The van der Waals surface area contributed by atoms with E-state index in [1.807, 2.05) is 31.3 Å². The average Bonchev–Trinajstić information content (AvgIpc) is 3.32. The van der Waals surface area contributed by atoms with Gasteiger partial charge < -0.3 is 24.4 Å². The minimum absolute atomic E-state index is 0.0732. The second-order valence-corrected chi connectivity index (χ2v) is 8.25. The van der Waals surface area contributed by atoms with Gasteiger partial charge in [-0.05, 0) is 48.4 Å². The van der Waals surface area contributed by atoms with Gasteiger partial charge in [0.05, 0.1) is 13.2 Å². The zero-order valence-corrected chi connectivity index (χ0v) is 19.4. The number of fused-ring (bicyclic) bond motifs is 1. The Hall–Kier alpha value is -3.81. The van der Waals surface area contributed by atoms with E-state index >= 15 is 0 Å². The van der Waals surface area contributed by atoms with Gasteiger partial charge >= 0.3 is 6.03 Å². The van der Waals surface area contributed by atoms with E-state index in [2.05, 4.69) is 9.88 Å². The average molecular weight is 465 g/mol. The van der Waals surface area contributed by atoms with Gasteiger partial charge in [-0.3, -0.25) is 4.79 Å². The Morgan fingerprint density at radius 1 is 1.12 bits per heavy atom. The predicted molar refractivity (Wildman–Crippen MR) is 128 cm³/mol. The number of ether oxygens (including phenoxy) is 1. The first-order valence-electron chi connectivity index (χ1n) is 11.4. The number of nitrogens with one attached hydrogen (secondary N) is 1. The van der Waals surface area contributed by atoms with E-state index in [4.69, 9.17) is 4.74 Å². The molecule has 7 nitrogen and oxygen atoms in total. The van der Waals surface area contributed by atoms with Gasteiger partial charge in [-0.25, -0.2) is 9.18 Å². The third-order valence-electron chi connectivity index (χ3n) is 5.95. The molecule has 1 aromatic heterocycles. The Kier molecular flexibility index (Phi) is 7.15. The highest BCUT2D eigenvalue weighted by Gasteiger charge is 2.33. The molecule has 1 atom stereocenters. The van der Waals surface area contributed by atoms with Crippen LogP contribution in [0, 0.1) is 5.82 Å². The number of carbonyl (C=O) groups is 2. The van der Waals surface area contributed by atoms with Crippen molar-refractivity contribution in [3.8, 4) is 5.75 Å². The van der Waals surface area contributed by atoms with Crippen LogP contribution in [0.1, 0.15) is 30.6 Å². The van der Waals surface area contributed by atoms with Gasteiger partial charge in [0.2, 0.25) is 5.91 Å². The topological polar surface area (TPSA) is 66.8 Å². The fourth-order valence-electron chi connectivity index (χ4n) is 4.36. The summed E-state index contributed by atoms with van der Waals surface area (Å²) in [5, 5.41) is 2.85. The second-order valence-electron chi connectivity index (χ2n) is 8.25. The van der Waals surface area contributed by atoms with Crippen LogP contribution < -0.4 is 10.1 Å². The van der Waals surface area contributed by atoms with Crippen molar-refractivity contribution < 1.29 is 18.7 Å². The third kappa shape index (κ3) is 5.06. The molecular weight excluding hydrogens is 435 g/mol. The van der Waals surface area contributed by atoms with E-state index in [9.17, 15) is 14.0 Å². The highest BCUT2D eigenvalue weighted by Crippen LogP contribution is 2.33. The number of hydrogen-bond acceptors (Lipinski definition) is 3. The monoisotopic (exact) mass is 464 g/mol. The molecule has 0 saturated heterocycles. The van der Waals surface area contributed by atoms with Crippen LogP contribution in [0.4, 0.5) is 14.9 Å². The zero-order valence-electron chi connectivity index (χ0n) is 19.4. The van der Waals surface area contributed by atoms with Crippen LogP contribution in [0.3, 0.4) is 0 Å². The van der Waals surface area contributed by atoms with Crippen molar-refractivity contribution in [1.29, 1.82) is 0 Å². The quantitative estimate of drug-likeness (QED) is 0.560. The zero-order chi connectivity index (χ0) is 24.1. The van der Waals surface area contributed by atoms with Crippen LogP contribution in [0.2, 0.25) is 0 Å². The summed E-state index contributed by atoms with van der Waals surface area (Å²) in [6.45, 7) is 3.43. The third-order valence-corrected chi connectivity index (χ3v) is 5.95.